The Morgan fingerprint density at radius 3 is 2.58 bits per heavy atom. The van der Waals surface area contributed by atoms with Crippen molar-refractivity contribution in [3.05, 3.63) is 63.8 Å². The number of carbonyl (C=O) groups is 2. The highest BCUT2D eigenvalue weighted by Gasteiger charge is 2.25. The number of hydrogen-bond donors (Lipinski definition) is 1. The van der Waals surface area contributed by atoms with Crippen molar-refractivity contribution in [3.63, 3.8) is 0 Å². The van der Waals surface area contributed by atoms with Crippen LogP contribution < -0.4 is 4.74 Å². The molecule has 0 aliphatic rings. The first-order chi connectivity index (χ1) is 14.8. The number of nitrogens with zero attached hydrogens (tertiary/aromatic N) is 3. The number of fused-ring (bicyclic) bond motifs is 1. The molecule has 0 aliphatic heterocycles. The number of ether oxygens (including phenoxy) is 3. The number of methoxy groups -OCH3 is 1. The van der Waals surface area contributed by atoms with Gasteiger partial charge in [-0.2, -0.15) is 5.10 Å². The standard InChI is InChI=1S/C20H19N3O8/c1-12-7-13(8-14-10-22(11-29-2)21-18(12)14)9-17(19(24)25)31-20(26)30-16-5-3-15(4-6-16)23(27)28/h3-8,10,17H,9,11H2,1-2H3,(H,24,25)/t17-/m1/s1. The summed E-state index contributed by atoms with van der Waals surface area (Å²) >= 11 is 0. The van der Waals surface area contributed by atoms with Crippen molar-refractivity contribution >= 4 is 28.7 Å². The minimum Gasteiger partial charge on any atom is -0.478 e. The molecule has 2 aromatic carbocycles. The SMILES string of the molecule is COCn1cc2cc(C[C@@H](OC(=O)Oc3ccc([N+](=O)[O-])cc3)C(=O)O)cc(C)c2n1. The van der Waals surface area contributed by atoms with Crippen LogP contribution >= 0.6 is 0 Å². The van der Waals surface area contributed by atoms with Crippen LogP contribution in [-0.2, 0) is 27.4 Å². The van der Waals surface area contributed by atoms with E-state index in [9.17, 15) is 24.8 Å². The molecule has 0 aliphatic carbocycles. The van der Waals surface area contributed by atoms with Crippen molar-refractivity contribution < 1.29 is 33.8 Å². The number of non-ortho nitro benzene ring substituents is 1. The van der Waals surface area contributed by atoms with Gasteiger partial charge in [-0.25, -0.2) is 14.3 Å². The molecule has 3 rings (SSSR count). The molecule has 0 saturated carbocycles. The lowest BCUT2D eigenvalue weighted by Gasteiger charge is -2.14. The van der Waals surface area contributed by atoms with Crippen molar-refractivity contribution in [2.24, 2.45) is 0 Å². The van der Waals surface area contributed by atoms with Gasteiger partial charge in [0.15, 0.2) is 0 Å². The molecule has 0 saturated heterocycles. The Labute approximate surface area is 175 Å². The molecule has 11 nitrogen and oxygen atoms in total. The summed E-state index contributed by atoms with van der Waals surface area (Å²) in [4.78, 5) is 33.7. The molecule has 0 fully saturated rings. The second kappa shape index (κ2) is 9.22. The Morgan fingerprint density at radius 1 is 1.26 bits per heavy atom. The van der Waals surface area contributed by atoms with Gasteiger partial charge in [0.05, 0.1) is 10.4 Å². The van der Waals surface area contributed by atoms with Gasteiger partial charge in [-0.15, -0.1) is 0 Å². The van der Waals surface area contributed by atoms with Crippen LogP contribution in [0, 0.1) is 17.0 Å². The zero-order valence-corrected chi connectivity index (χ0v) is 16.7. The molecule has 0 radical (unpaired) electrons. The summed E-state index contributed by atoms with van der Waals surface area (Å²) in [6.07, 6.45) is -1.03. The molecule has 0 spiro atoms. The third-order valence-corrected chi connectivity index (χ3v) is 4.35. The molecule has 0 bridgehead atoms. The zero-order chi connectivity index (χ0) is 22.5. The topological polar surface area (TPSA) is 143 Å². The van der Waals surface area contributed by atoms with Crippen molar-refractivity contribution in [2.45, 2.75) is 26.2 Å². The van der Waals surface area contributed by atoms with Crippen molar-refractivity contribution in [1.29, 1.82) is 0 Å². The lowest BCUT2D eigenvalue weighted by atomic mass is 10.0. The molecule has 1 atom stereocenters. The van der Waals surface area contributed by atoms with Crippen LogP contribution in [0.5, 0.6) is 5.75 Å². The van der Waals surface area contributed by atoms with Crippen LogP contribution in [0.15, 0.2) is 42.6 Å². The van der Waals surface area contributed by atoms with E-state index in [0.29, 0.717) is 5.56 Å². The molecule has 3 aromatic rings. The van der Waals surface area contributed by atoms with Gasteiger partial charge >= 0.3 is 12.1 Å². The Balaban J connectivity index is 1.71. The number of carboxylic acids is 1. The van der Waals surface area contributed by atoms with Gasteiger partial charge in [0.1, 0.15) is 12.5 Å². The lowest BCUT2D eigenvalue weighted by Crippen LogP contribution is -2.30. The van der Waals surface area contributed by atoms with Gasteiger partial charge in [0.2, 0.25) is 6.10 Å². The number of aliphatic carboxylic acids is 1. The summed E-state index contributed by atoms with van der Waals surface area (Å²) in [6, 6.07) is 8.27. The number of nitro groups is 1. The number of aryl methyl sites for hydroxylation is 1. The Kier molecular flexibility index (Phi) is 6.46. The van der Waals surface area contributed by atoms with Gasteiger partial charge < -0.3 is 19.3 Å². The number of carboxylic acid groups (broad SMARTS) is 1. The summed E-state index contributed by atoms with van der Waals surface area (Å²) in [5, 5.41) is 25.3. The number of benzene rings is 2. The number of carbonyl (C=O) groups excluding carboxylic acids is 1. The van der Waals surface area contributed by atoms with Crippen molar-refractivity contribution in [3.8, 4) is 5.75 Å². The molecule has 162 valence electrons. The number of rotatable bonds is 8. The fourth-order valence-corrected chi connectivity index (χ4v) is 3.02. The third-order valence-electron chi connectivity index (χ3n) is 4.35. The predicted octanol–water partition coefficient (Wildman–Crippen LogP) is 3.07. The summed E-state index contributed by atoms with van der Waals surface area (Å²) in [5.74, 6) is -1.35. The zero-order valence-electron chi connectivity index (χ0n) is 16.7. The minimum absolute atomic E-state index is 0.0115. The molecular formula is C20H19N3O8. The fourth-order valence-electron chi connectivity index (χ4n) is 3.02. The maximum absolute atomic E-state index is 12.0. The molecule has 0 amide bonds. The van der Waals surface area contributed by atoms with E-state index >= 15 is 0 Å². The normalized spacial score (nSPS) is 11.8. The summed E-state index contributed by atoms with van der Waals surface area (Å²) in [5.41, 5.74) is 2.05. The van der Waals surface area contributed by atoms with E-state index in [4.69, 9.17) is 14.2 Å². The molecular weight excluding hydrogens is 410 g/mol. The highest BCUT2D eigenvalue weighted by atomic mass is 16.7. The average Bonchev–Trinajstić information content (AvgIpc) is 3.11. The van der Waals surface area contributed by atoms with E-state index in [2.05, 4.69) is 5.10 Å². The second-order valence-electron chi connectivity index (χ2n) is 6.69. The predicted molar refractivity (Wildman–Crippen MR) is 107 cm³/mol. The Bertz CT molecular complexity index is 1120. The maximum Gasteiger partial charge on any atom is 0.514 e. The van der Waals surface area contributed by atoms with Gasteiger partial charge in [-0.05, 0) is 36.2 Å². The van der Waals surface area contributed by atoms with Gasteiger partial charge in [-0.3, -0.25) is 10.1 Å². The van der Waals surface area contributed by atoms with E-state index in [0.717, 1.165) is 28.6 Å². The molecule has 31 heavy (non-hydrogen) atoms. The number of nitro benzene ring substituents is 1. The second-order valence-corrected chi connectivity index (χ2v) is 6.69. The first-order valence-corrected chi connectivity index (χ1v) is 9.08. The first kappa shape index (κ1) is 21.7. The lowest BCUT2D eigenvalue weighted by molar-refractivity contribution is -0.384. The largest absolute Gasteiger partial charge is 0.514 e. The highest BCUT2D eigenvalue weighted by molar-refractivity contribution is 5.83. The van der Waals surface area contributed by atoms with Crippen molar-refractivity contribution in [1.82, 2.24) is 9.78 Å². The van der Waals surface area contributed by atoms with E-state index in [1.54, 1.807) is 30.1 Å². The van der Waals surface area contributed by atoms with Crippen LogP contribution in [0.4, 0.5) is 10.5 Å². The van der Waals surface area contributed by atoms with Gasteiger partial charge in [0.25, 0.3) is 5.69 Å². The molecule has 11 heteroatoms. The van der Waals surface area contributed by atoms with Gasteiger partial charge in [0, 0.05) is 37.2 Å². The van der Waals surface area contributed by atoms with Crippen LogP contribution in [0.3, 0.4) is 0 Å². The summed E-state index contributed by atoms with van der Waals surface area (Å²) < 4.78 is 16.5. The fraction of sp³-hybridized carbons (Fsp3) is 0.250. The molecule has 1 aromatic heterocycles. The molecule has 0 unspecified atom stereocenters. The number of aromatic nitrogens is 2. The number of hydrogen-bond acceptors (Lipinski definition) is 8. The summed E-state index contributed by atoms with van der Waals surface area (Å²) in [7, 11) is 1.55. The smallest absolute Gasteiger partial charge is 0.478 e. The monoisotopic (exact) mass is 429 g/mol. The van der Waals surface area contributed by atoms with E-state index < -0.39 is 23.2 Å². The van der Waals surface area contributed by atoms with Crippen LogP contribution in [0.25, 0.3) is 10.9 Å². The van der Waals surface area contributed by atoms with Crippen LogP contribution in [0.2, 0.25) is 0 Å². The first-order valence-electron chi connectivity index (χ1n) is 9.08. The maximum atomic E-state index is 12.0. The summed E-state index contributed by atoms with van der Waals surface area (Å²) in [6.45, 7) is 2.12. The van der Waals surface area contributed by atoms with Crippen molar-refractivity contribution in [2.75, 3.05) is 7.11 Å². The Morgan fingerprint density at radius 2 is 1.97 bits per heavy atom. The molecule has 1 N–H and O–H groups in total. The van der Waals surface area contributed by atoms with E-state index in [1.807, 2.05) is 6.92 Å². The van der Waals surface area contributed by atoms with E-state index in [-0.39, 0.29) is 24.6 Å². The van der Waals surface area contributed by atoms with Crippen LogP contribution in [0.1, 0.15) is 11.1 Å². The van der Waals surface area contributed by atoms with Crippen LogP contribution in [-0.4, -0.2) is 45.1 Å². The molecule has 1 heterocycles. The Hall–Kier alpha value is -3.99. The third kappa shape index (κ3) is 5.34. The van der Waals surface area contributed by atoms with E-state index in [1.165, 1.54) is 12.1 Å². The quantitative estimate of drug-likeness (QED) is 0.247. The highest BCUT2D eigenvalue weighted by Crippen LogP contribution is 2.22. The average molecular weight is 429 g/mol. The van der Waals surface area contributed by atoms with Gasteiger partial charge in [-0.1, -0.05) is 6.07 Å². The minimum atomic E-state index is -1.49.